The van der Waals surface area contributed by atoms with Gasteiger partial charge in [0.05, 0.1) is 0 Å². The maximum atomic E-state index is 12.4. The first kappa shape index (κ1) is 15.5. The minimum Gasteiger partial charge on any atom is -0.358 e. The number of nitrogens with one attached hydrogen (secondary N) is 2. The summed E-state index contributed by atoms with van der Waals surface area (Å²) in [5, 5.41) is 3.53. The van der Waals surface area contributed by atoms with Crippen molar-refractivity contribution < 1.29 is 4.79 Å². The zero-order chi connectivity index (χ0) is 16.2. The fourth-order valence-corrected chi connectivity index (χ4v) is 3.00. The van der Waals surface area contributed by atoms with Crippen LogP contribution < -0.4 is 10.7 Å². The number of aromatic amines is 1. The number of aryl methyl sites for hydroxylation is 1. The van der Waals surface area contributed by atoms with Crippen molar-refractivity contribution in [2.75, 3.05) is 5.32 Å². The summed E-state index contributed by atoms with van der Waals surface area (Å²) in [6.07, 6.45) is 8.04. The Hall–Kier alpha value is -2.36. The van der Waals surface area contributed by atoms with Crippen LogP contribution in [0.15, 0.2) is 40.7 Å². The second-order valence-electron chi connectivity index (χ2n) is 6.06. The molecule has 23 heavy (non-hydrogen) atoms. The molecular formula is C19H22N2O2. The molecule has 0 aliphatic heterocycles. The predicted octanol–water partition coefficient (Wildman–Crippen LogP) is 3.92. The van der Waals surface area contributed by atoms with E-state index in [1.165, 1.54) is 6.42 Å². The van der Waals surface area contributed by atoms with Gasteiger partial charge in [0.15, 0.2) is 5.43 Å². The lowest BCUT2D eigenvalue weighted by atomic mass is 10.1. The highest BCUT2D eigenvalue weighted by molar-refractivity contribution is 6.04. The number of hydrogen-bond donors (Lipinski definition) is 2. The fourth-order valence-electron chi connectivity index (χ4n) is 3.00. The van der Waals surface area contributed by atoms with E-state index in [1.807, 2.05) is 25.1 Å². The van der Waals surface area contributed by atoms with E-state index in [4.69, 9.17) is 0 Å². The molecule has 1 aromatic carbocycles. The predicted molar refractivity (Wildman–Crippen MR) is 93.7 cm³/mol. The summed E-state index contributed by atoms with van der Waals surface area (Å²) < 4.78 is 0. The van der Waals surface area contributed by atoms with Gasteiger partial charge < -0.3 is 10.3 Å². The smallest absolute Gasteiger partial charge is 0.251 e. The SMILES string of the molecule is CCc1cc(=O)c2cc(NC(=O)C3=CCCCCC3)ccc2[nH]1. The second kappa shape index (κ2) is 6.82. The zero-order valence-corrected chi connectivity index (χ0v) is 13.4. The van der Waals surface area contributed by atoms with Crippen molar-refractivity contribution in [2.24, 2.45) is 0 Å². The van der Waals surface area contributed by atoms with Crippen molar-refractivity contribution in [1.29, 1.82) is 0 Å². The van der Waals surface area contributed by atoms with Crippen molar-refractivity contribution in [3.63, 3.8) is 0 Å². The van der Waals surface area contributed by atoms with E-state index >= 15 is 0 Å². The molecule has 0 saturated carbocycles. The van der Waals surface area contributed by atoms with Gasteiger partial charge in [-0.1, -0.05) is 19.4 Å². The summed E-state index contributed by atoms with van der Waals surface area (Å²) in [4.78, 5) is 27.8. The van der Waals surface area contributed by atoms with E-state index < -0.39 is 0 Å². The van der Waals surface area contributed by atoms with Gasteiger partial charge in [0.1, 0.15) is 0 Å². The highest BCUT2D eigenvalue weighted by Gasteiger charge is 2.12. The van der Waals surface area contributed by atoms with Gasteiger partial charge in [0, 0.05) is 33.9 Å². The first-order chi connectivity index (χ1) is 11.2. The van der Waals surface area contributed by atoms with Crippen molar-refractivity contribution >= 4 is 22.5 Å². The van der Waals surface area contributed by atoms with E-state index in [0.29, 0.717) is 11.1 Å². The number of rotatable bonds is 3. The number of hydrogen-bond acceptors (Lipinski definition) is 2. The molecule has 0 spiro atoms. The number of benzene rings is 1. The normalized spacial score (nSPS) is 15.1. The van der Waals surface area contributed by atoms with Crippen molar-refractivity contribution in [2.45, 2.75) is 45.4 Å². The number of carbonyl (C=O) groups excluding carboxylic acids is 1. The van der Waals surface area contributed by atoms with Crippen LogP contribution in [0.2, 0.25) is 0 Å². The average molecular weight is 310 g/mol. The molecule has 0 atom stereocenters. The summed E-state index contributed by atoms with van der Waals surface area (Å²) in [6, 6.07) is 7.07. The highest BCUT2D eigenvalue weighted by atomic mass is 16.1. The maximum Gasteiger partial charge on any atom is 0.251 e. The average Bonchev–Trinajstić information content (AvgIpc) is 2.84. The molecule has 120 valence electrons. The fraction of sp³-hybridized carbons (Fsp3) is 0.368. The molecule has 0 bridgehead atoms. The third kappa shape index (κ3) is 3.52. The van der Waals surface area contributed by atoms with Crippen LogP contribution in [-0.4, -0.2) is 10.9 Å². The first-order valence-corrected chi connectivity index (χ1v) is 8.33. The molecule has 0 saturated heterocycles. The van der Waals surface area contributed by atoms with Crippen molar-refractivity contribution in [3.8, 4) is 0 Å². The van der Waals surface area contributed by atoms with Crippen LogP contribution >= 0.6 is 0 Å². The molecule has 1 heterocycles. The molecule has 2 N–H and O–H groups in total. The third-order valence-corrected chi connectivity index (χ3v) is 4.36. The van der Waals surface area contributed by atoms with E-state index in [-0.39, 0.29) is 11.3 Å². The van der Waals surface area contributed by atoms with Crippen LogP contribution in [0, 0.1) is 0 Å². The number of H-pyrrole nitrogens is 1. The lowest BCUT2D eigenvalue weighted by Crippen LogP contribution is -2.15. The van der Waals surface area contributed by atoms with Gasteiger partial charge >= 0.3 is 0 Å². The molecular weight excluding hydrogens is 288 g/mol. The quantitative estimate of drug-likeness (QED) is 0.902. The largest absolute Gasteiger partial charge is 0.358 e. The Morgan fingerprint density at radius 2 is 2.09 bits per heavy atom. The number of fused-ring (bicyclic) bond motifs is 1. The van der Waals surface area contributed by atoms with Gasteiger partial charge in [-0.15, -0.1) is 0 Å². The Morgan fingerprint density at radius 1 is 1.22 bits per heavy atom. The van der Waals surface area contributed by atoms with Crippen LogP contribution in [-0.2, 0) is 11.2 Å². The number of amides is 1. The second-order valence-corrected chi connectivity index (χ2v) is 6.06. The number of pyridine rings is 1. The van der Waals surface area contributed by atoms with Gasteiger partial charge in [-0.25, -0.2) is 0 Å². The lowest BCUT2D eigenvalue weighted by Gasteiger charge is -2.09. The summed E-state index contributed by atoms with van der Waals surface area (Å²) in [6.45, 7) is 2.01. The third-order valence-electron chi connectivity index (χ3n) is 4.36. The topological polar surface area (TPSA) is 62.0 Å². The van der Waals surface area contributed by atoms with E-state index in [9.17, 15) is 9.59 Å². The number of allylic oxidation sites excluding steroid dienone is 1. The molecule has 0 radical (unpaired) electrons. The number of anilines is 1. The monoisotopic (exact) mass is 310 g/mol. The van der Waals surface area contributed by atoms with E-state index in [0.717, 1.165) is 48.9 Å². The Bertz CT molecular complexity index is 818. The maximum absolute atomic E-state index is 12.4. The minimum atomic E-state index is -0.0483. The highest BCUT2D eigenvalue weighted by Crippen LogP contribution is 2.20. The molecule has 4 nitrogen and oxygen atoms in total. The number of aromatic nitrogens is 1. The standard InChI is InChI=1S/C19H22N2O2/c1-2-14-12-18(22)16-11-15(9-10-17(16)20-14)21-19(23)13-7-5-3-4-6-8-13/h7,9-12H,2-6,8H2,1H3,(H,20,22)(H,21,23). The number of carbonyl (C=O) groups is 1. The Balaban J connectivity index is 1.86. The summed E-state index contributed by atoms with van der Waals surface area (Å²) in [5.41, 5.74) is 3.24. The molecule has 0 fully saturated rings. The molecule has 4 heteroatoms. The Kier molecular flexibility index (Phi) is 4.60. The molecule has 3 rings (SSSR count). The zero-order valence-electron chi connectivity index (χ0n) is 13.4. The molecule has 0 unspecified atom stereocenters. The van der Waals surface area contributed by atoms with Gasteiger partial charge in [-0.2, -0.15) is 0 Å². The van der Waals surface area contributed by atoms with Gasteiger partial charge in [-0.3, -0.25) is 9.59 Å². The Labute approximate surface area is 135 Å². The van der Waals surface area contributed by atoms with Crippen LogP contribution in [0.5, 0.6) is 0 Å². The van der Waals surface area contributed by atoms with Gasteiger partial charge in [-0.05, 0) is 50.3 Å². The van der Waals surface area contributed by atoms with E-state index in [2.05, 4.69) is 10.3 Å². The van der Waals surface area contributed by atoms with Gasteiger partial charge in [0.2, 0.25) is 0 Å². The van der Waals surface area contributed by atoms with Crippen LogP contribution in [0.3, 0.4) is 0 Å². The van der Waals surface area contributed by atoms with Crippen LogP contribution in [0.1, 0.15) is 44.7 Å². The summed E-state index contributed by atoms with van der Waals surface area (Å²) in [7, 11) is 0. The molecule has 1 aromatic heterocycles. The summed E-state index contributed by atoms with van der Waals surface area (Å²) in [5.74, 6) is -0.0483. The van der Waals surface area contributed by atoms with Crippen LogP contribution in [0.4, 0.5) is 5.69 Å². The molecule has 1 aliphatic rings. The van der Waals surface area contributed by atoms with Crippen LogP contribution in [0.25, 0.3) is 10.9 Å². The van der Waals surface area contributed by atoms with Crippen molar-refractivity contribution in [1.82, 2.24) is 4.98 Å². The molecule has 1 aliphatic carbocycles. The molecule has 1 amide bonds. The molecule has 2 aromatic rings. The Morgan fingerprint density at radius 3 is 2.91 bits per heavy atom. The summed E-state index contributed by atoms with van der Waals surface area (Å²) >= 11 is 0. The van der Waals surface area contributed by atoms with Crippen molar-refractivity contribution in [3.05, 3.63) is 51.8 Å². The van der Waals surface area contributed by atoms with E-state index in [1.54, 1.807) is 12.1 Å². The van der Waals surface area contributed by atoms with Gasteiger partial charge in [0.25, 0.3) is 5.91 Å². The lowest BCUT2D eigenvalue weighted by molar-refractivity contribution is -0.113. The minimum absolute atomic E-state index is 0.0135. The first-order valence-electron chi connectivity index (χ1n) is 8.33.